The maximum Gasteiger partial charge on any atom is 0.203 e. The average Bonchev–Trinajstić information content (AvgIpc) is 2.89. The number of aromatic nitrogens is 2. The standard InChI is InChI=1S/C18H31N3/c1-3-15-8-7-11-17(12-15)21-13-14(2)19-18(21)20-16-9-5-4-6-10-16/h13,15-17H,3-12H2,1-2H3,(H,19,20). The molecule has 2 aliphatic carbocycles. The summed E-state index contributed by atoms with van der Waals surface area (Å²) in [6.07, 6.45) is 15.8. The Hall–Kier alpha value is -0.990. The lowest BCUT2D eigenvalue weighted by Gasteiger charge is -2.31. The molecule has 0 radical (unpaired) electrons. The maximum atomic E-state index is 4.78. The number of hydrogen-bond acceptors (Lipinski definition) is 2. The highest BCUT2D eigenvalue weighted by atomic mass is 15.2. The number of anilines is 1. The van der Waals surface area contributed by atoms with Gasteiger partial charge in [-0.25, -0.2) is 4.98 Å². The zero-order valence-electron chi connectivity index (χ0n) is 13.8. The normalized spacial score (nSPS) is 27.7. The van der Waals surface area contributed by atoms with Gasteiger partial charge in [-0.1, -0.05) is 45.4 Å². The molecule has 3 nitrogen and oxygen atoms in total. The van der Waals surface area contributed by atoms with Gasteiger partial charge < -0.3 is 9.88 Å². The Kier molecular flexibility index (Phi) is 4.87. The molecule has 118 valence electrons. The van der Waals surface area contributed by atoms with E-state index >= 15 is 0 Å². The van der Waals surface area contributed by atoms with Crippen molar-refractivity contribution in [3.63, 3.8) is 0 Å². The third kappa shape index (κ3) is 3.61. The fourth-order valence-corrected chi connectivity index (χ4v) is 4.22. The maximum absolute atomic E-state index is 4.78. The first-order valence-corrected chi connectivity index (χ1v) is 9.08. The van der Waals surface area contributed by atoms with E-state index in [1.807, 2.05) is 0 Å². The largest absolute Gasteiger partial charge is 0.353 e. The van der Waals surface area contributed by atoms with Crippen molar-refractivity contribution in [2.24, 2.45) is 5.92 Å². The van der Waals surface area contributed by atoms with Gasteiger partial charge in [0.15, 0.2) is 0 Å². The number of aryl methyl sites for hydroxylation is 1. The molecule has 0 bridgehead atoms. The molecule has 2 saturated carbocycles. The minimum atomic E-state index is 0.643. The Bertz CT molecular complexity index is 445. The predicted octanol–water partition coefficient (Wildman–Crippen LogP) is 5.08. The highest BCUT2D eigenvalue weighted by molar-refractivity contribution is 5.31. The van der Waals surface area contributed by atoms with Crippen molar-refractivity contribution in [2.75, 3.05) is 5.32 Å². The molecule has 0 amide bonds. The second-order valence-corrected chi connectivity index (χ2v) is 7.19. The van der Waals surface area contributed by atoms with Gasteiger partial charge in [0.2, 0.25) is 5.95 Å². The van der Waals surface area contributed by atoms with Gasteiger partial charge in [0.1, 0.15) is 0 Å². The number of nitrogens with zero attached hydrogens (tertiary/aromatic N) is 2. The Morgan fingerprint density at radius 1 is 1.14 bits per heavy atom. The van der Waals surface area contributed by atoms with Crippen LogP contribution in [-0.4, -0.2) is 15.6 Å². The van der Waals surface area contributed by atoms with Crippen LogP contribution in [0.2, 0.25) is 0 Å². The monoisotopic (exact) mass is 289 g/mol. The molecule has 21 heavy (non-hydrogen) atoms. The number of nitrogens with one attached hydrogen (secondary N) is 1. The Balaban J connectivity index is 1.72. The van der Waals surface area contributed by atoms with Gasteiger partial charge in [-0.2, -0.15) is 0 Å². The van der Waals surface area contributed by atoms with Crippen LogP contribution in [0, 0.1) is 12.8 Å². The summed E-state index contributed by atoms with van der Waals surface area (Å²) in [4.78, 5) is 4.78. The molecule has 0 saturated heterocycles. The summed E-state index contributed by atoms with van der Waals surface area (Å²) in [5, 5.41) is 3.75. The lowest BCUT2D eigenvalue weighted by atomic mass is 9.84. The second kappa shape index (κ2) is 6.85. The summed E-state index contributed by atoms with van der Waals surface area (Å²) < 4.78 is 2.46. The van der Waals surface area contributed by atoms with Crippen molar-refractivity contribution in [3.8, 4) is 0 Å². The Morgan fingerprint density at radius 2 is 1.95 bits per heavy atom. The van der Waals surface area contributed by atoms with Gasteiger partial charge in [0.25, 0.3) is 0 Å². The topological polar surface area (TPSA) is 29.9 Å². The first-order valence-electron chi connectivity index (χ1n) is 9.08. The molecule has 3 rings (SSSR count). The highest BCUT2D eigenvalue weighted by Gasteiger charge is 2.25. The van der Waals surface area contributed by atoms with Crippen molar-refractivity contribution in [1.29, 1.82) is 0 Å². The van der Waals surface area contributed by atoms with Crippen molar-refractivity contribution in [1.82, 2.24) is 9.55 Å². The zero-order chi connectivity index (χ0) is 14.7. The predicted molar refractivity (Wildman–Crippen MR) is 88.7 cm³/mol. The van der Waals surface area contributed by atoms with E-state index in [0.29, 0.717) is 12.1 Å². The van der Waals surface area contributed by atoms with Crippen molar-refractivity contribution in [3.05, 3.63) is 11.9 Å². The van der Waals surface area contributed by atoms with Crippen LogP contribution >= 0.6 is 0 Å². The summed E-state index contributed by atoms with van der Waals surface area (Å²) in [5.74, 6) is 2.05. The van der Waals surface area contributed by atoms with E-state index < -0.39 is 0 Å². The quantitative estimate of drug-likeness (QED) is 0.838. The van der Waals surface area contributed by atoms with Crippen molar-refractivity contribution < 1.29 is 0 Å². The van der Waals surface area contributed by atoms with Crippen LogP contribution in [0.3, 0.4) is 0 Å². The van der Waals surface area contributed by atoms with Crippen LogP contribution in [0.1, 0.15) is 82.9 Å². The van der Waals surface area contributed by atoms with Gasteiger partial charge in [-0.05, 0) is 38.5 Å². The molecule has 0 spiro atoms. The zero-order valence-corrected chi connectivity index (χ0v) is 13.8. The van der Waals surface area contributed by atoms with Crippen LogP contribution in [0.15, 0.2) is 6.20 Å². The van der Waals surface area contributed by atoms with Crippen LogP contribution in [0.25, 0.3) is 0 Å². The molecule has 2 fully saturated rings. The molecule has 1 heterocycles. The lowest BCUT2D eigenvalue weighted by Crippen LogP contribution is -2.26. The summed E-state index contributed by atoms with van der Waals surface area (Å²) in [6.45, 7) is 4.47. The SMILES string of the molecule is CCC1CCCC(n2cc(C)nc2NC2CCCCC2)C1. The molecule has 1 aromatic heterocycles. The molecule has 3 heteroatoms. The fraction of sp³-hybridized carbons (Fsp3) is 0.833. The van der Waals surface area contributed by atoms with E-state index in [0.717, 1.165) is 17.6 Å². The van der Waals surface area contributed by atoms with Gasteiger partial charge in [-0.15, -0.1) is 0 Å². The van der Waals surface area contributed by atoms with Crippen LogP contribution in [0.4, 0.5) is 5.95 Å². The number of imidazole rings is 1. The fourth-order valence-electron chi connectivity index (χ4n) is 4.22. The van der Waals surface area contributed by atoms with E-state index in [2.05, 4.69) is 29.9 Å². The molecule has 2 unspecified atom stereocenters. The van der Waals surface area contributed by atoms with Crippen LogP contribution in [-0.2, 0) is 0 Å². The first kappa shape index (κ1) is 14.9. The third-order valence-electron chi connectivity index (χ3n) is 5.52. The van der Waals surface area contributed by atoms with Gasteiger partial charge in [0.05, 0.1) is 5.69 Å². The first-order chi connectivity index (χ1) is 10.3. The number of rotatable bonds is 4. The summed E-state index contributed by atoms with van der Waals surface area (Å²) in [7, 11) is 0. The van der Waals surface area contributed by atoms with E-state index in [1.165, 1.54) is 64.2 Å². The van der Waals surface area contributed by atoms with E-state index in [4.69, 9.17) is 4.98 Å². The second-order valence-electron chi connectivity index (χ2n) is 7.19. The minimum absolute atomic E-state index is 0.643. The van der Waals surface area contributed by atoms with E-state index in [-0.39, 0.29) is 0 Å². The van der Waals surface area contributed by atoms with Crippen molar-refractivity contribution in [2.45, 2.75) is 90.1 Å². The number of hydrogen-bond donors (Lipinski definition) is 1. The highest BCUT2D eigenvalue weighted by Crippen LogP contribution is 2.36. The molecule has 1 aromatic rings. The molecule has 1 N–H and O–H groups in total. The summed E-state index contributed by atoms with van der Waals surface area (Å²) >= 11 is 0. The summed E-state index contributed by atoms with van der Waals surface area (Å²) in [6, 6.07) is 1.31. The van der Waals surface area contributed by atoms with Crippen molar-refractivity contribution >= 4 is 5.95 Å². The average molecular weight is 289 g/mol. The molecular formula is C18H31N3. The Labute approximate surface area is 129 Å². The van der Waals surface area contributed by atoms with Gasteiger partial charge in [0, 0.05) is 18.3 Å². The molecule has 2 aliphatic rings. The molecule has 2 atom stereocenters. The molecule has 0 aromatic carbocycles. The van der Waals surface area contributed by atoms with E-state index in [1.54, 1.807) is 0 Å². The Morgan fingerprint density at radius 3 is 2.71 bits per heavy atom. The molecule has 0 aliphatic heterocycles. The lowest BCUT2D eigenvalue weighted by molar-refractivity contribution is 0.262. The molecular weight excluding hydrogens is 258 g/mol. The van der Waals surface area contributed by atoms with Crippen LogP contribution in [0.5, 0.6) is 0 Å². The smallest absolute Gasteiger partial charge is 0.203 e. The summed E-state index contributed by atoms with van der Waals surface area (Å²) in [5.41, 5.74) is 1.16. The minimum Gasteiger partial charge on any atom is -0.353 e. The van der Waals surface area contributed by atoms with Gasteiger partial charge in [-0.3, -0.25) is 0 Å². The van der Waals surface area contributed by atoms with Crippen LogP contribution < -0.4 is 5.32 Å². The third-order valence-corrected chi connectivity index (χ3v) is 5.52. The van der Waals surface area contributed by atoms with Gasteiger partial charge >= 0.3 is 0 Å². The van der Waals surface area contributed by atoms with E-state index in [9.17, 15) is 0 Å².